The standard InChI is InChI=1S/C10H19F3N2O2S/c1-3-15(4-2)9(16)7-18(17)8(5-6-14)10(11,12)13/h8H,3-7,14H2,1-2H3. The van der Waals surface area contributed by atoms with Gasteiger partial charge in [0.25, 0.3) is 0 Å². The van der Waals surface area contributed by atoms with E-state index in [1.165, 1.54) is 4.90 Å². The molecule has 0 aromatic rings. The van der Waals surface area contributed by atoms with Gasteiger partial charge in [0, 0.05) is 23.9 Å². The van der Waals surface area contributed by atoms with Gasteiger partial charge in [-0.1, -0.05) is 0 Å². The molecule has 0 aliphatic carbocycles. The summed E-state index contributed by atoms with van der Waals surface area (Å²) in [5.74, 6) is -1.13. The number of nitrogens with two attached hydrogens (primary N) is 1. The van der Waals surface area contributed by atoms with Gasteiger partial charge >= 0.3 is 6.18 Å². The monoisotopic (exact) mass is 288 g/mol. The second kappa shape index (κ2) is 7.73. The molecule has 18 heavy (non-hydrogen) atoms. The highest BCUT2D eigenvalue weighted by atomic mass is 32.2. The zero-order valence-corrected chi connectivity index (χ0v) is 11.3. The molecule has 0 aromatic heterocycles. The van der Waals surface area contributed by atoms with Crippen LogP contribution in [-0.4, -0.2) is 51.8 Å². The number of carbonyl (C=O) groups is 1. The number of alkyl halides is 3. The first-order valence-corrected chi connectivity index (χ1v) is 7.07. The topological polar surface area (TPSA) is 63.4 Å². The molecular formula is C10H19F3N2O2S. The summed E-state index contributed by atoms with van der Waals surface area (Å²) in [5.41, 5.74) is 5.08. The van der Waals surface area contributed by atoms with Crippen molar-refractivity contribution in [3.05, 3.63) is 0 Å². The van der Waals surface area contributed by atoms with E-state index in [4.69, 9.17) is 5.73 Å². The minimum Gasteiger partial charge on any atom is -0.342 e. The molecule has 108 valence electrons. The van der Waals surface area contributed by atoms with E-state index >= 15 is 0 Å². The van der Waals surface area contributed by atoms with Gasteiger partial charge in [-0.25, -0.2) is 0 Å². The minimum absolute atomic E-state index is 0.213. The summed E-state index contributed by atoms with van der Waals surface area (Å²) in [6, 6.07) is 0. The molecule has 2 N–H and O–H groups in total. The molecule has 0 spiro atoms. The average molecular weight is 288 g/mol. The molecule has 0 saturated heterocycles. The highest BCUT2D eigenvalue weighted by Crippen LogP contribution is 2.26. The number of nitrogens with zero attached hydrogens (tertiary/aromatic N) is 1. The Bertz CT molecular complexity index is 293. The molecule has 0 rings (SSSR count). The molecule has 2 atom stereocenters. The van der Waals surface area contributed by atoms with Crippen LogP contribution in [0.2, 0.25) is 0 Å². The maximum absolute atomic E-state index is 12.6. The molecule has 0 aromatic carbocycles. The van der Waals surface area contributed by atoms with Crippen LogP contribution in [0.25, 0.3) is 0 Å². The second-order valence-electron chi connectivity index (χ2n) is 3.70. The van der Waals surface area contributed by atoms with Crippen molar-refractivity contribution in [3.63, 3.8) is 0 Å². The van der Waals surface area contributed by atoms with E-state index in [-0.39, 0.29) is 6.54 Å². The molecule has 4 nitrogen and oxygen atoms in total. The Hall–Kier alpha value is -0.630. The molecule has 8 heteroatoms. The van der Waals surface area contributed by atoms with Gasteiger partial charge in [-0.15, -0.1) is 0 Å². The number of rotatable bonds is 7. The molecule has 0 radical (unpaired) electrons. The Kier molecular flexibility index (Phi) is 7.46. The number of halogens is 3. The van der Waals surface area contributed by atoms with E-state index in [9.17, 15) is 22.2 Å². The van der Waals surface area contributed by atoms with Crippen LogP contribution in [-0.2, 0) is 15.6 Å². The van der Waals surface area contributed by atoms with Gasteiger partial charge in [0.15, 0.2) is 0 Å². The predicted octanol–water partition coefficient (Wildman–Crippen LogP) is 0.883. The van der Waals surface area contributed by atoms with Gasteiger partial charge in [-0.2, -0.15) is 13.2 Å². The average Bonchev–Trinajstić information content (AvgIpc) is 2.25. The molecule has 0 aliphatic rings. The number of amides is 1. The Morgan fingerprint density at radius 3 is 2.17 bits per heavy atom. The summed E-state index contributed by atoms with van der Waals surface area (Å²) in [6.45, 7) is 3.99. The lowest BCUT2D eigenvalue weighted by Crippen LogP contribution is -2.41. The van der Waals surface area contributed by atoms with E-state index in [1.807, 2.05) is 0 Å². The summed E-state index contributed by atoms with van der Waals surface area (Å²) < 4.78 is 49.4. The van der Waals surface area contributed by atoms with Crippen LogP contribution >= 0.6 is 0 Å². The Balaban J connectivity index is 4.66. The van der Waals surface area contributed by atoms with E-state index in [2.05, 4.69) is 0 Å². The van der Waals surface area contributed by atoms with Gasteiger partial charge in [-0.05, 0) is 26.8 Å². The lowest BCUT2D eigenvalue weighted by molar-refractivity contribution is -0.130. The summed E-state index contributed by atoms with van der Waals surface area (Å²) in [4.78, 5) is 12.9. The zero-order chi connectivity index (χ0) is 14.3. The summed E-state index contributed by atoms with van der Waals surface area (Å²) >= 11 is 0. The Labute approximate surface area is 107 Å². The van der Waals surface area contributed by atoms with Gasteiger partial charge < -0.3 is 10.6 Å². The van der Waals surface area contributed by atoms with Crippen LogP contribution in [0.3, 0.4) is 0 Å². The fourth-order valence-corrected chi connectivity index (χ4v) is 2.81. The van der Waals surface area contributed by atoms with Crippen molar-refractivity contribution in [1.82, 2.24) is 4.90 Å². The van der Waals surface area contributed by atoms with Crippen LogP contribution in [0.15, 0.2) is 0 Å². The molecule has 0 bridgehead atoms. The molecule has 0 saturated carbocycles. The molecule has 2 unspecified atom stereocenters. The van der Waals surface area contributed by atoms with Crippen molar-refractivity contribution in [3.8, 4) is 0 Å². The van der Waals surface area contributed by atoms with E-state index in [0.29, 0.717) is 13.1 Å². The van der Waals surface area contributed by atoms with Crippen molar-refractivity contribution in [1.29, 1.82) is 0 Å². The van der Waals surface area contributed by atoms with Crippen LogP contribution in [0.4, 0.5) is 13.2 Å². The van der Waals surface area contributed by atoms with Crippen molar-refractivity contribution in [2.24, 2.45) is 5.73 Å². The van der Waals surface area contributed by atoms with Crippen LogP contribution in [0.1, 0.15) is 20.3 Å². The van der Waals surface area contributed by atoms with E-state index in [1.54, 1.807) is 13.8 Å². The maximum Gasteiger partial charge on any atom is 0.403 e. The van der Waals surface area contributed by atoms with Crippen molar-refractivity contribution in [2.75, 3.05) is 25.4 Å². The maximum atomic E-state index is 12.6. The fourth-order valence-electron chi connectivity index (χ4n) is 1.49. The quantitative estimate of drug-likeness (QED) is 0.756. The van der Waals surface area contributed by atoms with Gasteiger partial charge in [0.2, 0.25) is 5.91 Å². The normalized spacial score (nSPS) is 15.2. The Morgan fingerprint density at radius 1 is 1.33 bits per heavy atom. The lowest BCUT2D eigenvalue weighted by atomic mass is 10.3. The largest absolute Gasteiger partial charge is 0.403 e. The third-order valence-electron chi connectivity index (χ3n) is 2.49. The zero-order valence-electron chi connectivity index (χ0n) is 10.5. The summed E-state index contributed by atoms with van der Waals surface area (Å²) in [6.07, 6.45) is -5.02. The van der Waals surface area contributed by atoms with Gasteiger partial charge in [0.05, 0.1) is 0 Å². The lowest BCUT2D eigenvalue weighted by Gasteiger charge is -2.22. The Morgan fingerprint density at radius 2 is 1.83 bits per heavy atom. The first kappa shape index (κ1) is 17.4. The third kappa shape index (κ3) is 5.34. The summed E-state index contributed by atoms with van der Waals surface area (Å²) in [5, 5.41) is -2.03. The fraction of sp³-hybridized carbons (Fsp3) is 0.900. The second-order valence-corrected chi connectivity index (χ2v) is 5.32. The van der Waals surface area contributed by atoms with Gasteiger partial charge in [-0.3, -0.25) is 9.00 Å². The smallest absolute Gasteiger partial charge is 0.342 e. The summed E-state index contributed by atoms with van der Waals surface area (Å²) in [7, 11) is -2.28. The molecule has 0 fully saturated rings. The molecular weight excluding hydrogens is 269 g/mol. The first-order valence-electron chi connectivity index (χ1n) is 5.69. The highest BCUT2D eigenvalue weighted by molar-refractivity contribution is 7.86. The van der Waals surface area contributed by atoms with Crippen molar-refractivity contribution >= 4 is 16.7 Å². The molecule has 1 amide bonds. The number of carbonyl (C=O) groups excluding carboxylic acids is 1. The third-order valence-corrected chi connectivity index (χ3v) is 4.16. The van der Waals surface area contributed by atoms with Crippen LogP contribution < -0.4 is 5.73 Å². The highest BCUT2D eigenvalue weighted by Gasteiger charge is 2.43. The van der Waals surface area contributed by atoms with Crippen LogP contribution in [0, 0.1) is 0 Å². The van der Waals surface area contributed by atoms with Crippen LogP contribution in [0.5, 0.6) is 0 Å². The van der Waals surface area contributed by atoms with E-state index < -0.39 is 40.3 Å². The van der Waals surface area contributed by atoms with E-state index in [0.717, 1.165) is 0 Å². The number of hydrogen-bond donors (Lipinski definition) is 1. The SMILES string of the molecule is CCN(CC)C(=O)CS(=O)C(CCN)C(F)(F)F. The number of hydrogen-bond acceptors (Lipinski definition) is 3. The minimum atomic E-state index is -4.59. The van der Waals surface area contributed by atoms with Crippen molar-refractivity contribution in [2.45, 2.75) is 31.7 Å². The van der Waals surface area contributed by atoms with Gasteiger partial charge in [0.1, 0.15) is 11.0 Å². The molecule has 0 aliphatic heterocycles. The first-order chi connectivity index (χ1) is 8.27. The molecule has 0 heterocycles. The van der Waals surface area contributed by atoms with Crippen molar-refractivity contribution < 1.29 is 22.2 Å². The predicted molar refractivity (Wildman–Crippen MR) is 64.5 cm³/mol.